The molecule has 0 aliphatic carbocycles. The molecule has 0 bridgehead atoms. The summed E-state index contributed by atoms with van der Waals surface area (Å²) >= 11 is 1.13. The highest BCUT2D eigenvalue weighted by atomic mass is 32.2. The van der Waals surface area contributed by atoms with Gasteiger partial charge in [-0.1, -0.05) is 11.8 Å². The third kappa shape index (κ3) is 3.64. The summed E-state index contributed by atoms with van der Waals surface area (Å²) < 4.78 is 33.8. The Balaban J connectivity index is 1.62. The molecule has 3 rings (SSSR count). The summed E-state index contributed by atoms with van der Waals surface area (Å²) in [7, 11) is -1.40. The molecule has 2 atom stereocenters. The van der Waals surface area contributed by atoms with Crippen molar-refractivity contribution in [1.29, 1.82) is 0 Å². The summed E-state index contributed by atoms with van der Waals surface area (Å²) in [4.78, 5) is 14.0. The molecule has 0 saturated carbocycles. The minimum atomic E-state index is -3.03. The van der Waals surface area contributed by atoms with Gasteiger partial charge in [0.15, 0.2) is 15.6 Å². The first kappa shape index (κ1) is 17.0. The van der Waals surface area contributed by atoms with Gasteiger partial charge >= 0.3 is 0 Å². The molecule has 0 aromatic carbocycles. The number of thioether (sulfide) groups is 1. The third-order valence-corrected chi connectivity index (χ3v) is 6.54. The zero-order chi connectivity index (χ0) is 17.3. The molecule has 24 heavy (non-hydrogen) atoms. The number of rotatable bonds is 5. The predicted molar refractivity (Wildman–Crippen MR) is 87.1 cm³/mol. The highest BCUT2D eigenvalue weighted by Gasteiger charge is 2.34. The second-order valence-corrected chi connectivity index (χ2v) is 9.14. The smallest absolute Gasteiger partial charge is 0.284 e. The Bertz CT molecular complexity index is 815. The maximum Gasteiger partial charge on any atom is 0.284 e. The van der Waals surface area contributed by atoms with E-state index in [4.69, 9.17) is 8.83 Å². The molecule has 130 valence electrons. The Hall–Kier alpha value is -1.81. The molecule has 0 radical (unpaired) electrons. The van der Waals surface area contributed by atoms with Crippen molar-refractivity contribution in [2.75, 3.05) is 18.6 Å². The Morgan fingerprint density at radius 3 is 2.88 bits per heavy atom. The lowest BCUT2D eigenvalue weighted by Gasteiger charge is -2.25. The number of sulfone groups is 1. The van der Waals surface area contributed by atoms with Crippen LogP contribution in [-0.2, 0) is 14.6 Å². The number of carbonyl (C=O) groups is 1. The van der Waals surface area contributed by atoms with Crippen LogP contribution in [0.2, 0.25) is 0 Å². The van der Waals surface area contributed by atoms with Gasteiger partial charge in [-0.2, -0.15) is 0 Å². The Morgan fingerprint density at radius 1 is 1.46 bits per heavy atom. The topological polar surface area (TPSA) is 107 Å². The van der Waals surface area contributed by atoms with Crippen LogP contribution in [0, 0.1) is 0 Å². The average Bonchev–Trinajstić information content (AvgIpc) is 3.25. The zero-order valence-electron chi connectivity index (χ0n) is 13.2. The van der Waals surface area contributed by atoms with E-state index in [1.807, 2.05) is 0 Å². The van der Waals surface area contributed by atoms with Crippen molar-refractivity contribution < 1.29 is 22.0 Å². The van der Waals surface area contributed by atoms with Crippen molar-refractivity contribution in [2.45, 2.75) is 29.9 Å². The number of amides is 1. The van der Waals surface area contributed by atoms with E-state index in [9.17, 15) is 13.2 Å². The van der Waals surface area contributed by atoms with E-state index in [1.54, 1.807) is 26.1 Å². The van der Waals surface area contributed by atoms with E-state index in [-0.39, 0.29) is 34.6 Å². The monoisotopic (exact) mass is 371 g/mol. The van der Waals surface area contributed by atoms with E-state index in [1.165, 1.54) is 11.2 Å². The summed E-state index contributed by atoms with van der Waals surface area (Å²) in [6.45, 7) is 1.73. The van der Waals surface area contributed by atoms with Gasteiger partial charge in [0.2, 0.25) is 5.91 Å². The number of furan rings is 1. The van der Waals surface area contributed by atoms with Crippen LogP contribution >= 0.6 is 11.8 Å². The normalized spacial score (nSPS) is 20.8. The van der Waals surface area contributed by atoms with Crippen LogP contribution in [0.3, 0.4) is 0 Å². The standard InChI is InChI=1S/C14H17N3O5S2/c1-9(13(18)17(2)10-5-7-24(19,20)8-10)23-14-16-15-12(22-14)11-4-3-6-21-11/h3-4,6,9-10H,5,7-8H2,1-2H3/t9-,10+/m1/s1. The van der Waals surface area contributed by atoms with Crippen LogP contribution in [0.15, 0.2) is 32.5 Å². The Labute approximate surface area is 143 Å². The fourth-order valence-electron chi connectivity index (χ4n) is 2.51. The van der Waals surface area contributed by atoms with E-state index in [0.29, 0.717) is 12.2 Å². The van der Waals surface area contributed by atoms with E-state index < -0.39 is 15.1 Å². The first-order valence-electron chi connectivity index (χ1n) is 7.37. The lowest BCUT2D eigenvalue weighted by atomic mass is 10.2. The second kappa shape index (κ2) is 6.60. The molecule has 1 aliphatic rings. The molecule has 8 nitrogen and oxygen atoms in total. The molecule has 10 heteroatoms. The van der Waals surface area contributed by atoms with Crippen LogP contribution in [0.5, 0.6) is 0 Å². The van der Waals surface area contributed by atoms with Crippen molar-refractivity contribution in [2.24, 2.45) is 0 Å². The molecule has 1 fully saturated rings. The summed E-state index contributed by atoms with van der Waals surface area (Å²) in [5.74, 6) is 0.696. The van der Waals surface area contributed by atoms with Crippen molar-refractivity contribution in [1.82, 2.24) is 15.1 Å². The van der Waals surface area contributed by atoms with Crippen LogP contribution in [0.25, 0.3) is 11.7 Å². The summed E-state index contributed by atoms with van der Waals surface area (Å²) in [5, 5.41) is 7.56. The molecule has 1 amide bonds. The third-order valence-electron chi connectivity index (χ3n) is 3.87. The van der Waals surface area contributed by atoms with Crippen molar-refractivity contribution in [3.8, 4) is 11.7 Å². The number of aromatic nitrogens is 2. The second-order valence-electron chi connectivity index (χ2n) is 5.62. The minimum absolute atomic E-state index is 0.0236. The van der Waals surface area contributed by atoms with Crippen LogP contribution in [-0.4, -0.2) is 59.3 Å². The number of hydrogen-bond acceptors (Lipinski definition) is 8. The van der Waals surface area contributed by atoms with Gasteiger partial charge in [0.1, 0.15) is 0 Å². The van der Waals surface area contributed by atoms with Gasteiger partial charge in [-0.05, 0) is 25.5 Å². The van der Waals surface area contributed by atoms with E-state index in [0.717, 1.165) is 11.8 Å². The van der Waals surface area contributed by atoms with Crippen LogP contribution < -0.4 is 0 Å². The molecule has 0 spiro atoms. The number of hydrogen-bond donors (Lipinski definition) is 0. The fraction of sp³-hybridized carbons (Fsp3) is 0.500. The molecule has 1 saturated heterocycles. The first-order chi connectivity index (χ1) is 11.4. The number of carbonyl (C=O) groups excluding carboxylic acids is 1. The van der Waals surface area contributed by atoms with Gasteiger partial charge in [0.05, 0.1) is 23.0 Å². The average molecular weight is 371 g/mol. The summed E-state index contributed by atoms with van der Waals surface area (Å²) in [6.07, 6.45) is 1.98. The predicted octanol–water partition coefficient (Wildman–Crippen LogP) is 1.46. The van der Waals surface area contributed by atoms with Gasteiger partial charge in [-0.15, -0.1) is 10.2 Å². The van der Waals surface area contributed by atoms with Crippen molar-refractivity contribution in [3.05, 3.63) is 18.4 Å². The molecular formula is C14H17N3O5S2. The Kier molecular flexibility index (Phi) is 4.68. The molecule has 2 aromatic rings. The van der Waals surface area contributed by atoms with Crippen molar-refractivity contribution in [3.63, 3.8) is 0 Å². The quantitative estimate of drug-likeness (QED) is 0.727. The highest BCUT2D eigenvalue weighted by molar-refractivity contribution is 8.00. The molecule has 3 heterocycles. The molecule has 1 aliphatic heterocycles. The maximum absolute atomic E-state index is 12.5. The minimum Gasteiger partial charge on any atom is -0.459 e. The molecule has 0 unspecified atom stereocenters. The van der Waals surface area contributed by atoms with E-state index >= 15 is 0 Å². The largest absolute Gasteiger partial charge is 0.459 e. The van der Waals surface area contributed by atoms with Gasteiger partial charge < -0.3 is 13.7 Å². The van der Waals surface area contributed by atoms with Gasteiger partial charge in [0, 0.05) is 13.1 Å². The maximum atomic E-state index is 12.5. The summed E-state index contributed by atoms with van der Waals surface area (Å²) in [6, 6.07) is 3.14. The van der Waals surface area contributed by atoms with Crippen LogP contribution in [0.1, 0.15) is 13.3 Å². The van der Waals surface area contributed by atoms with Crippen LogP contribution in [0.4, 0.5) is 0 Å². The zero-order valence-corrected chi connectivity index (χ0v) is 14.8. The SMILES string of the molecule is C[C@@H](Sc1nnc(-c2ccco2)o1)C(=O)N(C)[C@H]1CCS(=O)(=O)C1. The highest BCUT2D eigenvalue weighted by Crippen LogP contribution is 2.28. The Morgan fingerprint density at radius 2 is 2.25 bits per heavy atom. The lowest BCUT2D eigenvalue weighted by Crippen LogP contribution is -2.41. The van der Waals surface area contributed by atoms with E-state index in [2.05, 4.69) is 10.2 Å². The number of nitrogens with zero attached hydrogens (tertiary/aromatic N) is 3. The van der Waals surface area contributed by atoms with Gasteiger partial charge in [-0.25, -0.2) is 8.42 Å². The molecule has 0 N–H and O–H groups in total. The molecular weight excluding hydrogens is 354 g/mol. The van der Waals surface area contributed by atoms with Gasteiger partial charge in [-0.3, -0.25) is 4.79 Å². The lowest BCUT2D eigenvalue weighted by molar-refractivity contribution is -0.130. The van der Waals surface area contributed by atoms with Gasteiger partial charge in [0.25, 0.3) is 11.1 Å². The van der Waals surface area contributed by atoms with Crippen molar-refractivity contribution >= 4 is 27.5 Å². The fourth-order valence-corrected chi connectivity index (χ4v) is 5.07. The first-order valence-corrected chi connectivity index (χ1v) is 10.1. The summed E-state index contributed by atoms with van der Waals surface area (Å²) in [5.41, 5.74) is 0. The molecule has 2 aromatic heterocycles.